The summed E-state index contributed by atoms with van der Waals surface area (Å²) in [5, 5.41) is 4.75. The van der Waals surface area contributed by atoms with Crippen LogP contribution in [-0.2, 0) is 11.2 Å². The maximum atomic E-state index is 11.4. The van der Waals surface area contributed by atoms with Gasteiger partial charge in [-0.05, 0) is 23.8 Å². The van der Waals surface area contributed by atoms with Crippen molar-refractivity contribution in [3.63, 3.8) is 0 Å². The van der Waals surface area contributed by atoms with Gasteiger partial charge in [0.2, 0.25) is 5.91 Å². The maximum Gasteiger partial charge on any atom is 0.228 e. The number of nitrogens with zero attached hydrogens (tertiary/aromatic N) is 1. The Bertz CT molecular complexity index is 739. The average molecular weight is 278 g/mol. The SMILES string of the molecule is O=C1Cc2cc(N3C=C(c4ccccc4)NN3)ccc2N1. The number of benzene rings is 2. The molecule has 0 fully saturated rings. The summed E-state index contributed by atoms with van der Waals surface area (Å²) in [4.78, 5) is 11.4. The number of rotatable bonds is 2. The Morgan fingerprint density at radius 2 is 1.90 bits per heavy atom. The lowest BCUT2D eigenvalue weighted by atomic mass is 10.1. The van der Waals surface area contributed by atoms with Gasteiger partial charge in [0, 0.05) is 17.5 Å². The number of hydrazine groups is 2. The molecule has 1 amide bonds. The van der Waals surface area contributed by atoms with Gasteiger partial charge in [-0.1, -0.05) is 30.3 Å². The van der Waals surface area contributed by atoms with Crippen molar-refractivity contribution in [3.8, 4) is 0 Å². The molecule has 5 nitrogen and oxygen atoms in total. The Morgan fingerprint density at radius 1 is 1.05 bits per heavy atom. The highest BCUT2D eigenvalue weighted by Gasteiger charge is 2.20. The Hall–Kier alpha value is -2.79. The van der Waals surface area contributed by atoms with Crippen LogP contribution in [0.5, 0.6) is 0 Å². The van der Waals surface area contributed by atoms with Crippen LogP contribution < -0.4 is 21.3 Å². The number of anilines is 2. The topological polar surface area (TPSA) is 56.4 Å². The van der Waals surface area contributed by atoms with Gasteiger partial charge in [0.15, 0.2) is 0 Å². The van der Waals surface area contributed by atoms with E-state index in [1.54, 1.807) is 0 Å². The first-order chi connectivity index (χ1) is 10.3. The quantitative estimate of drug-likeness (QED) is 0.786. The highest BCUT2D eigenvalue weighted by Crippen LogP contribution is 2.29. The van der Waals surface area contributed by atoms with Crippen LogP contribution in [0.25, 0.3) is 5.70 Å². The van der Waals surface area contributed by atoms with E-state index in [0.29, 0.717) is 6.42 Å². The van der Waals surface area contributed by atoms with Crippen molar-refractivity contribution < 1.29 is 4.79 Å². The van der Waals surface area contributed by atoms with Gasteiger partial charge in [0.25, 0.3) is 0 Å². The molecule has 0 spiro atoms. The zero-order valence-electron chi connectivity index (χ0n) is 11.3. The van der Waals surface area contributed by atoms with Gasteiger partial charge in [0.05, 0.1) is 17.8 Å². The summed E-state index contributed by atoms with van der Waals surface area (Å²) in [6, 6.07) is 16.0. The molecular formula is C16H14N4O. The molecule has 2 aliphatic rings. The molecule has 0 aromatic heterocycles. The lowest BCUT2D eigenvalue weighted by Gasteiger charge is -2.15. The first kappa shape index (κ1) is 12.0. The molecule has 3 N–H and O–H groups in total. The van der Waals surface area contributed by atoms with Gasteiger partial charge in [-0.3, -0.25) is 9.80 Å². The zero-order valence-corrected chi connectivity index (χ0v) is 11.3. The van der Waals surface area contributed by atoms with Gasteiger partial charge in [-0.15, -0.1) is 5.53 Å². The van der Waals surface area contributed by atoms with Crippen molar-refractivity contribution >= 4 is 23.0 Å². The molecule has 4 rings (SSSR count). The average Bonchev–Trinajstić information content (AvgIpc) is 3.12. The third-order valence-electron chi connectivity index (χ3n) is 3.65. The molecule has 0 saturated heterocycles. The number of hydrogen-bond acceptors (Lipinski definition) is 4. The first-order valence-corrected chi connectivity index (χ1v) is 6.80. The summed E-state index contributed by atoms with van der Waals surface area (Å²) < 4.78 is 0. The van der Waals surface area contributed by atoms with Crippen molar-refractivity contribution in [1.82, 2.24) is 11.0 Å². The van der Waals surface area contributed by atoms with Crippen molar-refractivity contribution in [2.75, 3.05) is 10.3 Å². The Kier molecular flexibility index (Phi) is 2.65. The minimum atomic E-state index is 0.0511. The molecule has 2 aromatic carbocycles. The monoisotopic (exact) mass is 278 g/mol. The molecule has 104 valence electrons. The summed E-state index contributed by atoms with van der Waals surface area (Å²) in [7, 11) is 0. The van der Waals surface area contributed by atoms with Gasteiger partial charge in [-0.2, -0.15) is 0 Å². The first-order valence-electron chi connectivity index (χ1n) is 6.80. The summed E-state index contributed by atoms with van der Waals surface area (Å²) >= 11 is 0. The van der Waals surface area contributed by atoms with Crippen LogP contribution in [0.2, 0.25) is 0 Å². The van der Waals surface area contributed by atoms with Crippen LogP contribution in [0, 0.1) is 0 Å². The van der Waals surface area contributed by atoms with Gasteiger partial charge >= 0.3 is 0 Å². The van der Waals surface area contributed by atoms with E-state index in [-0.39, 0.29) is 5.91 Å². The van der Waals surface area contributed by atoms with Crippen molar-refractivity contribution in [2.45, 2.75) is 6.42 Å². The Labute approximate surface area is 122 Å². The van der Waals surface area contributed by atoms with E-state index < -0.39 is 0 Å². The minimum Gasteiger partial charge on any atom is -0.326 e. The summed E-state index contributed by atoms with van der Waals surface area (Å²) in [6.07, 6.45) is 2.45. The molecule has 0 saturated carbocycles. The summed E-state index contributed by atoms with van der Waals surface area (Å²) in [5.74, 6) is 0.0511. The number of amides is 1. The fourth-order valence-electron chi connectivity index (χ4n) is 2.58. The molecule has 2 aromatic rings. The van der Waals surface area contributed by atoms with Crippen LogP contribution in [0.4, 0.5) is 11.4 Å². The molecule has 5 heteroatoms. The fraction of sp³-hybridized carbons (Fsp3) is 0.0625. The molecular weight excluding hydrogens is 264 g/mol. The zero-order chi connectivity index (χ0) is 14.2. The number of carbonyl (C=O) groups is 1. The Morgan fingerprint density at radius 3 is 2.76 bits per heavy atom. The summed E-state index contributed by atoms with van der Waals surface area (Å²) in [6.45, 7) is 0. The molecule has 0 bridgehead atoms. The van der Waals surface area contributed by atoms with E-state index in [0.717, 1.165) is 28.2 Å². The lowest BCUT2D eigenvalue weighted by Crippen LogP contribution is -2.36. The van der Waals surface area contributed by atoms with Crippen molar-refractivity contribution in [3.05, 3.63) is 65.9 Å². The van der Waals surface area contributed by atoms with Gasteiger partial charge < -0.3 is 10.7 Å². The normalized spacial score (nSPS) is 16.3. The number of nitrogens with one attached hydrogen (secondary N) is 3. The van der Waals surface area contributed by atoms with E-state index in [9.17, 15) is 4.79 Å². The van der Waals surface area contributed by atoms with E-state index in [1.807, 2.05) is 47.6 Å². The summed E-state index contributed by atoms with van der Waals surface area (Å²) in [5.41, 5.74) is 11.3. The smallest absolute Gasteiger partial charge is 0.228 e. The third-order valence-corrected chi connectivity index (χ3v) is 3.65. The molecule has 0 atom stereocenters. The predicted molar refractivity (Wildman–Crippen MR) is 81.9 cm³/mol. The second kappa shape index (κ2) is 4.64. The van der Waals surface area contributed by atoms with Crippen LogP contribution in [-0.4, -0.2) is 5.91 Å². The van der Waals surface area contributed by atoms with Crippen LogP contribution in [0.1, 0.15) is 11.1 Å². The molecule has 2 heterocycles. The second-order valence-corrected chi connectivity index (χ2v) is 5.08. The largest absolute Gasteiger partial charge is 0.326 e. The van der Waals surface area contributed by atoms with Gasteiger partial charge in [0.1, 0.15) is 0 Å². The van der Waals surface area contributed by atoms with Crippen LogP contribution in [0.15, 0.2) is 54.7 Å². The molecule has 0 aliphatic carbocycles. The van der Waals surface area contributed by atoms with E-state index in [1.165, 1.54) is 0 Å². The van der Waals surface area contributed by atoms with E-state index in [4.69, 9.17) is 0 Å². The third kappa shape index (κ3) is 2.13. The fourth-order valence-corrected chi connectivity index (χ4v) is 2.58. The second-order valence-electron chi connectivity index (χ2n) is 5.08. The highest BCUT2D eigenvalue weighted by molar-refractivity contribution is 5.99. The molecule has 21 heavy (non-hydrogen) atoms. The maximum absolute atomic E-state index is 11.4. The number of hydrogen-bond donors (Lipinski definition) is 3. The van der Waals surface area contributed by atoms with E-state index >= 15 is 0 Å². The van der Waals surface area contributed by atoms with Crippen LogP contribution in [0.3, 0.4) is 0 Å². The standard InChI is InChI=1S/C16H14N4O/c21-16-9-12-8-13(6-7-14(12)17-16)20-10-15(18-19-20)11-4-2-1-3-5-11/h1-8,10,18-19H,9H2,(H,17,21). The Balaban J connectivity index is 1.63. The van der Waals surface area contributed by atoms with Crippen LogP contribution >= 0.6 is 0 Å². The lowest BCUT2D eigenvalue weighted by molar-refractivity contribution is -0.115. The van der Waals surface area contributed by atoms with Crippen molar-refractivity contribution in [2.24, 2.45) is 0 Å². The number of carbonyl (C=O) groups excluding carboxylic acids is 1. The minimum absolute atomic E-state index is 0.0511. The van der Waals surface area contributed by atoms with Crippen molar-refractivity contribution in [1.29, 1.82) is 0 Å². The predicted octanol–water partition coefficient (Wildman–Crippen LogP) is 2.01. The van der Waals surface area contributed by atoms with Gasteiger partial charge in [-0.25, -0.2) is 0 Å². The highest BCUT2D eigenvalue weighted by atomic mass is 16.1. The van der Waals surface area contributed by atoms with E-state index in [2.05, 4.69) is 28.4 Å². The molecule has 2 aliphatic heterocycles. The molecule has 0 radical (unpaired) electrons. The number of fused-ring (bicyclic) bond motifs is 1. The molecule has 0 unspecified atom stereocenters.